The Morgan fingerprint density at radius 1 is 1.20 bits per heavy atom. The average Bonchev–Trinajstić information content (AvgIpc) is 2.66. The van der Waals surface area contributed by atoms with Crippen LogP contribution in [0.5, 0.6) is 0 Å². The lowest BCUT2D eigenvalue weighted by molar-refractivity contribution is -0.134. The molecule has 6 heteroatoms. The molecule has 0 spiro atoms. The molecule has 0 aliphatic carbocycles. The number of rotatable bonds is 6. The molecule has 0 N–H and O–H groups in total. The molecule has 108 valence electrons. The smallest absolute Gasteiger partial charge is 0.299 e. The molecule has 0 saturated carbocycles. The van der Waals surface area contributed by atoms with E-state index in [4.69, 9.17) is 21.1 Å². The van der Waals surface area contributed by atoms with Gasteiger partial charge in [-0.1, -0.05) is 17.7 Å². The summed E-state index contributed by atoms with van der Waals surface area (Å²) in [6, 6.07) is 4.89. The minimum Gasteiger partial charge on any atom is -0.351 e. The van der Waals surface area contributed by atoms with Crippen LogP contribution in [0.25, 0.3) is 0 Å². The van der Waals surface area contributed by atoms with Gasteiger partial charge in [-0.05, 0) is 26.0 Å². The average molecular weight is 298 g/mol. The number of carbonyl (C=O) groups is 2. The number of carbonyl (C=O) groups excluding carboxylic acids is 2. The fourth-order valence-corrected chi connectivity index (χ4v) is 2.44. The van der Waals surface area contributed by atoms with Gasteiger partial charge >= 0.3 is 0 Å². The van der Waals surface area contributed by atoms with Crippen molar-refractivity contribution in [2.75, 3.05) is 24.7 Å². The molecule has 0 atom stereocenters. The van der Waals surface area contributed by atoms with Crippen LogP contribution in [0, 0.1) is 0 Å². The van der Waals surface area contributed by atoms with Crippen molar-refractivity contribution in [1.29, 1.82) is 0 Å². The quantitative estimate of drug-likeness (QED) is 0.597. The molecule has 0 radical (unpaired) electrons. The number of hydrogen-bond acceptors (Lipinski definition) is 4. The highest BCUT2D eigenvalue weighted by Gasteiger charge is 2.38. The second kappa shape index (κ2) is 6.35. The molecular formula is C14H16ClNO4. The van der Waals surface area contributed by atoms with E-state index in [1.165, 1.54) is 4.90 Å². The van der Waals surface area contributed by atoms with Gasteiger partial charge in [-0.2, -0.15) is 0 Å². The van der Waals surface area contributed by atoms with E-state index < -0.39 is 18.0 Å². The van der Waals surface area contributed by atoms with Gasteiger partial charge in [-0.15, -0.1) is 0 Å². The fraction of sp³-hybridized carbons (Fsp3) is 0.429. The topological polar surface area (TPSA) is 55.8 Å². The van der Waals surface area contributed by atoms with Crippen molar-refractivity contribution in [1.82, 2.24) is 0 Å². The Kier molecular flexibility index (Phi) is 4.75. The van der Waals surface area contributed by atoms with Crippen LogP contribution in [-0.2, 0) is 14.3 Å². The molecule has 1 aromatic rings. The summed E-state index contributed by atoms with van der Waals surface area (Å²) < 4.78 is 10.8. The van der Waals surface area contributed by atoms with E-state index in [1.54, 1.807) is 18.2 Å². The number of para-hydroxylation sites is 1. The van der Waals surface area contributed by atoms with Crippen molar-refractivity contribution in [3.63, 3.8) is 0 Å². The zero-order valence-electron chi connectivity index (χ0n) is 11.4. The van der Waals surface area contributed by atoms with Gasteiger partial charge in [-0.25, -0.2) is 0 Å². The maximum atomic E-state index is 12.1. The van der Waals surface area contributed by atoms with E-state index in [0.29, 0.717) is 29.5 Å². The number of anilines is 1. The number of benzene rings is 1. The molecule has 1 aliphatic rings. The van der Waals surface area contributed by atoms with Gasteiger partial charge in [-0.3, -0.25) is 14.5 Å². The lowest BCUT2D eigenvalue weighted by atomic mass is 10.1. The molecule has 0 bridgehead atoms. The Morgan fingerprint density at radius 3 is 2.45 bits per heavy atom. The largest absolute Gasteiger partial charge is 0.351 e. The summed E-state index contributed by atoms with van der Waals surface area (Å²) in [6.45, 7) is 4.73. The van der Waals surface area contributed by atoms with Crippen molar-refractivity contribution >= 4 is 29.0 Å². The number of fused-ring (bicyclic) bond motifs is 1. The summed E-state index contributed by atoms with van der Waals surface area (Å²) in [5.74, 6) is -1.15. The third-order valence-corrected chi connectivity index (χ3v) is 3.28. The zero-order valence-corrected chi connectivity index (χ0v) is 12.1. The summed E-state index contributed by atoms with van der Waals surface area (Å²) >= 11 is 6.10. The molecule has 5 nitrogen and oxygen atoms in total. The van der Waals surface area contributed by atoms with Crippen LogP contribution in [0.15, 0.2) is 18.2 Å². The third-order valence-electron chi connectivity index (χ3n) is 2.98. The Morgan fingerprint density at radius 2 is 1.85 bits per heavy atom. The second-order valence-corrected chi connectivity index (χ2v) is 4.63. The van der Waals surface area contributed by atoms with E-state index in [-0.39, 0.29) is 6.54 Å². The first-order valence-electron chi connectivity index (χ1n) is 6.48. The van der Waals surface area contributed by atoms with Gasteiger partial charge in [0.05, 0.1) is 22.8 Å². The van der Waals surface area contributed by atoms with Crippen molar-refractivity contribution in [3.8, 4) is 0 Å². The Balaban J connectivity index is 2.29. The molecule has 1 heterocycles. The lowest BCUT2D eigenvalue weighted by Gasteiger charge is -2.24. The molecule has 0 fully saturated rings. The molecule has 0 aromatic heterocycles. The number of Topliss-reactive ketones (excluding diaryl/α,β-unsaturated/α-hetero) is 1. The third kappa shape index (κ3) is 2.70. The summed E-state index contributed by atoms with van der Waals surface area (Å²) in [5, 5.41) is 0.369. The van der Waals surface area contributed by atoms with Crippen molar-refractivity contribution < 1.29 is 19.1 Å². The maximum Gasteiger partial charge on any atom is 0.299 e. The highest BCUT2D eigenvalue weighted by molar-refractivity contribution is 6.54. The highest BCUT2D eigenvalue weighted by Crippen LogP contribution is 2.35. The highest BCUT2D eigenvalue weighted by atomic mass is 35.5. The standard InChI is InChI=1S/C14H16ClNO4/c1-3-19-11(20-4-2)8-16-12-9(13(17)14(16)18)6-5-7-10(12)15/h5-7,11H,3-4,8H2,1-2H3. The summed E-state index contributed by atoms with van der Waals surface area (Å²) in [7, 11) is 0. The number of nitrogens with zero attached hydrogens (tertiary/aromatic N) is 1. The van der Waals surface area contributed by atoms with E-state index >= 15 is 0 Å². The molecule has 1 aromatic carbocycles. The van der Waals surface area contributed by atoms with E-state index in [2.05, 4.69) is 0 Å². The first kappa shape index (κ1) is 15.0. The first-order chi connectivity index (χ1) is 9.60. The van der Waals surface area contributed by atoms with E-state index in [9.17, 15) is 9.59 Å². The summed E-state index contributed by atoms with van der Waals surface area (Å²) in [6.07, 6.45) is -0.580. The number of amides is 1. The first-order valence-corrected chi connectivity index (χ1v) is 6.85. The van der Waals surface area contributed by atoms with Crippen LogP contribution in [0.2, 0.25) is 5.02 Å². The molecule has 20 heavy (non-hydrogen) atoms. The SMILES string of the molecule is CCOC(CN1C(=O)C(=O)c2cccc(Cl)c21)OCC. The molecule has 0 unspecified atom stereocenters. The number of hydrogen-bond donors (Lipinski definition) is 0. The summed E-state index contributed by atoms with van der Waals surface area (Å²) in [5.41, 5.74) is 0.766. The predicted molar refractivity (Wildman–Crippen MR) is 75.2 cm³/mol. The number of ether oxygens (including phenoxy) is 2. The molecular weight excluding hydrogens is 282 g/mol. The Labute approximate surface area is 122 Å². The van der Waals surface area contributed by atoms with Crippen LogP contribution >= 0.6 is 11.6 Å². The minimum absolute atomic E-state index is 0.142. The van der Waals surface area contributed by atoms with Crippen LogP contribution < -0.4 is 4.90 Å². The van der Waals surface area contributed by atoms with E-state index in [1.807, 2.05) is 13.8 Å². The lowest BCUT2D eigenvalue weighted by Crippen LogP contribution is -2.39. The van der Waals surface area contributed by atoms with Gasteiger partial charge in [0.25, 0.3) is 11.7 Å². The van der Waals surface area contributed by atoms with Gasteiger partial charge in [0.2, 0.25) is 0 Å². The Bertz CT molecular complexity index is 526. The molecule has 1 aliphatic heterocycles. The van der Waals surface area contributed by atoms with Gasteiger partial charge in [0, 0.05) is 13.2 Å². The van der Waals surface area contributed by atoms with Gasteiger partial charge < -0.3 is 9.47 Å². The van der Waals surface area contributed by atoms with E-state index in [0.717, 1.165) is 0 Å². The van der Waals surface area contributed by atoms with Crippen molar-refractivity contribution in [2.45, 2.75) is 20.1 Å². The van der Waals surface area contributed by atoms with Crippen LogP contribution in [0.1, 0.15) is 24.2 Å². The van der Waals surface area contributed by atoms with Crippen LogP contribution in [0.4, 0.5) is 5.69 Å². The number of halogens is 1. The maximum absolute atomic E-state index is 12.1. The number of ketones is 1. The van der Waals surface area contributed by atoms with Gasteiger partial charge in [0.15, 0.2) is 6.29 Å². The molecule has 2 rings (SSSR count). The zero-order chi connectivity index (χ0) is 14.7. The normalized spacial score (nSPS) is 14.3. The monoisotopic (exact) mass is 297 g/mol. The minimum atomic E-state index is -0.600. The van der Waals surface area contributed by atoms with Gasteiger partial charge in [0.1, 0.15) is 0 Å². The molecule has 0 saturated heterocycles. The van der Waals surface area contributed by atoms with Crippen molar-refractivity contribution in [2.24, 2.45) is 0 Å². The fourth-order valence-electron chi connectivity index (χ4n) is 2.16. The molecule has 1 amide bonds. The second-order valence-electron chi connectivity index (χ2n) is 4.22. The van der Waals surface area contributed by atoms with Crippen molar-refractivity contribution in [3.05, 3.63) is 28.8 Å². The predicted octanol–water partition coefficient (Wildman–Crippen LogP) is 2.27. The van der Waals surface area contributed by atoms with Crippen LogP contribution in [-0.4, -0.2) is 37.7 Å². The Hall–Kier alpha value is -1.43. The summed E-state index contributed by atoms with van der Waals surface area (Å²) in [4.78, 5) is 25.3. The van der Waals surface area contributed by atoms with Crippen LogP contribution in [0.3, 0.4) is 0 Å².